The fraction of sp³-hybridized carbons (Fsp3) is 0.909. The van der Waals surface area contributed by atoms with Crippen LogP contribution in [0.4, 0.5) is 0 Å². The Balaban J connectivity index is 2.26. The van der Waals surface area contributed by atoms with Crippen LogP contribution < -0.4 is 11.1 Å². The van der Waals surface area contributed by atoms with Gasteiger partial charge < -0.3 is 11.1 Å². The van der Waals surface area contributed by atoms with Crippen molar-refractivity contribution in [2.24, 2.45) is 17.6 Å². The zero-order valence-electron chi connectivity index (χ0n) is 9.25. The highest BCUT2D eigenvalue weighted by molar-refractivity contribution is 5.76. The Morgan fingerprint density at radius 2 is 2.29 bits per heavy atom. The molecule has 0 radical (unpaired) electrons. The van der Waals surface area contributed by atoms with Crippen LogP contribution in [0.25, 0.3) is 0 Å². The van der Waals surface area contributed by atoms with Crippen molar-refractivity contribution in [3.05, 3.63) is 0 Å². The lowest BCUT2D eigenvalue weighted by Gasteiger charge is -2.18. The largest absolute Gasteiger partial charge is 0.353 e. The Bertz CT molecular complexity index is 194. The summed E-state index contributed by atoms with van der Waals surface area (Å²) in [5.74, 6) is 1.11. The van der Waals surface area contributed by atoms with Crippen LogP contribution in [-0.4, -0.2) is 18.5 Å². The Hall–Kier alpha value is -0.570. The van der Waals surface area contributed by atoms with Crippen molar-refractivity contribution in [3.8, 4) is 0 Å². The van der Waals surface area contributed by atoms with Gasteiger partial charge in [-0.05, 0) is 31.2 Å². The van der Waals surface area contributed by atoms with Crippen LogP contribution in [0.15, 0.2) is 0 Å². The second-order valence-electron chi connectivity index (χ2n) is 4.63. The molecular formula is C11H22N2O. The van der Waals surface area contributed by atoms with E-state index in [1.165, 1.54) is 12.8 Å². The molecule has 0 heterocycles. The van der Waals surface area contributed by atoms with Gasteiger partial charge in [0.25, 0.3) is 0 Å². The summed E-state index contributed by atoms with van der Waals surface area (Å²) >= 11 is 0. The Morgan fingerprint density at radius 1 is 1.57 bits per heavy atom. The average Bonchev–Trinajstić information content (AvgIpc) is 2.51. The molecule has 0 saturated heterocycles. The van der Waals surface area contributed by atoms with E-state index in [2.05, 4.69) is 12.2 Å². The van der Waals surface area contributed by atoms with E-state index in [4.69, 9.17) is 5.73 Å². The average molecular weight is 198 g/mol. The van der Waals surface area contributed by atoms with Crippen LogP contribution in [0.5, 0.6) is 0 Å². The first-order valence-electron chi connectivity index (χ1n) is 5.63. The molecule has 0 aliphatic heterocycles. The van der Waals surface area contributed by atoms with Crippen molar-refractivity contribution in [1.29, 1.82) is 0 Å². The third-order valence-corrected chi connectivity index (χ3v) is 3.14. The summed E-state index contributed by atoms with van der Waals surface area (Å²) < 4.78 is 0. The van der Waals surface area contributed by atoms with Crippen molar-refractivity contribution in [2.75, 3.05) is 6.54 Å². The lowest BCUT2D eigenvalue weighted by atomic mass is 10.0. The van der Waals surface area contributed by atoms with Gasteiger partial charge >= 0.3 is 0 Å². The number of carbonyl (C=O) groups is 1. The van der Waals surface area contributed by atoms with Crippen molar-refractivity contribution in [3.63, 3.8) is 0 Å². The maximum atomic E-state index is 11.5. The summed E-state index contributed by atoms with van der Waals surface area (Å²) in [5, 5.41) is 3.10. The maximum absolute atomic E-state index is 11.5. The van der Waals surface area contributed by atoms with Crippen LogP contribution >= 0.6 is 0 Å². The fourth-order valence-corrected chi connectivity index (χ4v) is 2.03. The predicted molar refractivity (Wildman–Crippen MR) is 57.8 cm³/mol. The smallest absolute Gasteiger partial charge is 0.220 e. The Labute approximate surface area is 86.4 Å². The first kappa shape index (κ1) is 11.5. The molecule has 3 atom stereocenters. The summed E-state index contributed by atoms with van der Waals surface area (Å²) in [4.78, 5) is 11.5. The zero-order chi connectivity index (χ0) is 10.6. The van der Waals surface area contributed by atoms with Crippen LogP contribution in [0.3, 0.4) is 0 Å². The highest BCUT2D eigenvalue weighted by Gasteiger charge is 2.24. The minimum absolute atomic E-state index is 0.168. The van der Waals surface area contributed by atoms with Crippen LogP contribution in [0.2, 0.25) is 0 Å². The molecule has 0 aromatic rings. The molecule has 3 N–H and O–H groups in total. The fourth-order valence-electron chi connectivity index (χ4n) is 2.03. The van der Waals surface area contributed by atoms with Gasteiger partial charge in [-0.15, -0.1) is 0 Å². The quantitative estimate of drug-likeness (QED) is 0.715. The monoisotopic (exact) mass is 198 g/mol. The SMILES string of the molecule is CC(CN)CC(=O)NC1CCCC1C. The highest BCUT2D eigenvalue weighted by Crippen LogP contribution is 2.24. The van der Waals surface area contributed by atoms with E-state index in [0.717, 1.165) is 6.42 Å². The van der Waals surface area contributed by atoms with Crippen LogP contribution in [0.1, 0.15) is 39.5 Å². The van der Waals surface area contributed by atoms with E-state index >= 15 is 0 Å². The predicted octanol–water partition coefficient (Wildman–Crippen LogP) is 1.28. The molecule has 3 nitrogen and oxygen atoms in total. The molecule has 1 amide bonds. The number of hydrogen-bond acceptors (Lipinski definition) is 2. The van der Waals surface area contributed by atoms with Gasteiger partial charge in [0.1, 0.15) is 0 Å². The van der Waals surface area contributed by atoms with Crippen molar-refractivity contribution in [2.45, 2.75) is 45.6 Å². The maximum Gasteiger partial charge on any atom is 0.220 e. The molecule has 3 unspecified atom stereocenters. The molecule has 14 heavy (non-hydrogen) atoms. The van der Waals surface area contributed by atoms with E-state index in [0.29, 0.717) is 30.8 Å². The van der Waals surface area contributed by atoms with E-state index in [9.17, 15) is 4.79 Å². The second kappa shape index (κ2) is 5.35. The summed E-state index contributed by atoms with van der Waals surface area (Å²) in [6, 6.07) is 0.410. The van der Waals surface area contributed by atoms with E-state index in [-0.39, 0.29) is 5.91 Å². The molecular weight excluding hydrogens is 176 g/mol. The summed E-state index contributed by atoms with van der Waals surface area (Å²) in [6.45, 7) is 4.82. The van der Waals surface area contributed by atoms with Gasteiger partial charge in [-0.1, -0.05) is 20.3 Å². The van der Waals surface area contributed by atoms with E-state index in [1.54, 1.807) is 0 Å². The van der Waals surface area contributed by atoms with Gasteiger partial charge in [0.05, 0.1) is 0 Å². The molecule has 0 aromatic carbocycles. The summed E-state index contributed by atoms with van der Waals surface area (Å²) in [7, 11) is 0. The Morgan fingerprint density at radius 3 is 2.79 bits per heavy atom. The van der Waals surface area contributed by atoms with Crippen LogP contribution in [0, 0.1) is 11.8 Å². The molecule has 1 saturated carbocycles. The number of nitrogens with one attached hydrogen (secondary N) is 1. The first-order chi connectivity index (χ1) is 6.63. The minimum atomic E-state index is 0.168. The molecule has 1 fully saturated rings. The van der Waals surface area contributed by atoms with E-state index < -0.39 is 0 Å². The van der Waals surface area contributed by atoms with Crippen LogP contribution in [-0.2, 0) is 4.79 Å². The second-order valence-corrected chi connectivity index (χ2v) is 4.63. The van der Waals surface area contributed by atoms with Crippen molar-refractivity contribution >= 4 is 5.91 Å². The highest BCUT2D eigenvalue weighted by atomic mass is 16.1. The van der Waals surface area contributed by atoms with Gasteiger partial charge in [0.2, 0.25) is 5.91 Å². The molecule has 0 aromatic heterocycles. The molecule has 1 aliphatic carbocycles. The third kappa shape index (κ3) is 3.29. The van der Waals surface area contributed by atoms with Crippen molar-refractivity contribution in [1.82, 2.24) is 5.32 Å². The lowest BCUT2D eigenvalue weighted by molar-refractivity contribution is -0.122. The van der Waals surface area contributed by atoms with Gasteiger partial charge in [0.15, 0.2) is 0 Å². The molecule has 0 bridgehead atoms. The summed E-state index contributed by atoms with van der Waals surface area (Å²) in [5.41, 5.74) is 5.48. The van der Waals surface area contributed by atoms with Crippen molar-refractivity contribution < 1.29 is 4.79 Å². The minimum Gasteiger partial charge on any atom is -0.353 e. The standard InChI is InChI=1S/C11H22N2O/c1-8(7-12)6-11(14)13-10-5-3-4-9(10)2/h8-10H,3-7,12H2,1-2H3,(H,13,14). The Kier molecular flexibility index (Phi) is 4.39. The zero-order valence-corrected chi connectivity index (χ0v) is 9.25. The number of hydrogen-bond donors (Lipinski definition) is 2. The van der Waals surface area contributed by atoms with Gasteiger partial charge in [0, 0.05) is 12.5 Å². The van der Waals surface area contributed by atoms with Gasteiger partial charge in [-0.25, -0.2) is 0 Å². The normalized spacial score (nSPS) is 28.8. The number of carbonyl (C=O) groups excluding carboxylic acids is 1. The number of amides is 1. The topological polar surface area (TPSA) is 55.1 Å². The number of rotatable bonds is 4. The molecule has 1 rings (SSSR count). The molecule has 0 spiro atoms. The molecule has 82 valence electrons. The third-order valence-electron chi connectivity index (χ3n) is 3.14. The summed E-state index contributed by atoms with van der Waals surface area (Å²) in [6.07, 6.45) is 4.21. The first-order valence-corrected chi connectivity index (χ1v) is 5.63. The number of nitrogens with two attached hydrogens (primary N) is 1. The molecule has 1 aliphatic rings. The lowest BCUT2D eigenvalue weighted by Crippen LogP contribution is -2.37. The van der Waals surface area contributed by atoms with E-state index in [1.807, 2.05) is 6.92 Å². The van der Waals surface area contributed by atoms with Gasteiger partial charge in [-0.2, -0.15) is 0 Å². The molecule has 3 heteroatoms. The van der Waals surface area contributed by atoms with Gasteiger partial charge in [-0.3, -0.25) is 4.79 Å².